The highest BCUT2D eigenvalue weighted by Crippen LogP contribution is 2.14. The zero-order chi connectivity index (χ0) is 28.4. The lowest BCUT2D eigenvalue weighted by Gasteiger charge is -2.33. The van der Waals surface area contributed by atoms with E-state index in [2.05, 4.69) is 15.5 Å². The second kappa shape index (κ2) is 13.9. The topological polar surface area (TPSA) is 98.8 Å². The van der Waals surface area contributed by atoms with Gasteiger partial charge in [-0.1, -0.05) is 84.9 Å². The van der Waals surface area contributed by atoms with Crippen molar-refractivity contribution < 1.29 is 18.0 Å². The Bertz CT molecular complexity index is 1370. The summed E-state index contributed by atoms with van der Waals surface area (Å²) in [5, 5.41) is 7.07. The predicted molar refractivity (Wildman–Crippen MR) is 156 cm³/mol. The molecule has 0 saturated carbocycles. The average molecular weight is 561 g/mol. The summed E-state index contributed by atoms with van der Waals surface area (Å²) in [6, 6.07) is 25.5. The summed E-state index contributed by atoms with van der Waals surface area (Å²) in [6.45, 7) is 2.70. The number of likely N-dealkylation sites (N-methyl/N-ethyl adjacent to an activating group) is 1. The minimum Gasteiger partial charge on any atom is -0.348 e. The number of nitrogens with zero attached hydrogens (tertiary/aromatic N) is 2. The van der Waals surface area contributed by atoms with Gasteiger partial charge in [0.1, 0.15) is 6.04 Å². The van der Waals surface area contributed by atoms with Crippen LogP contribution in [0.4, 0.5) is 4.79 Å². The van der Waals surface area contributed by atoms with Crippen molar-refractivity contribution in [1.82, 2.24) is 20.4 Å². The molecule has 1 saturated heterocycles. The molecule has 2 atom stereocenters. The molecule has 0 spiro atoms. The molecular weight excluding hydrogens is 524 g/mol. The van der Waals surface area contributed by atoms with Crippen LogP contribution < -0.4 is 10.6 Å². The molecule has 0 unspecified atom stereocenters. The molecule has 0 bridgehead atoms. The van der Waals surface area contributed by atoms with Crippen molar-refractivity contribution in [1.29, 1.82) is 0 Å². The highest BCUT2D eigenvalue weighted by atomic mass is 32.2. The molecule has 1 heterocycles. The minimum absolute atomic E-state index is 0.178. The largest absolute Gasteiger partial charge is 0.348 e. The number of benzene rings is 3. The Kier molecular flexibility index (Phi) is 10.1. The summed E-state index contributed by atoms with van der Waals surface area (Å²) in [6.07, 6.45) is 2.20. The van der Waals surface area contributed by atoms with Crippen molar-refractivity contribution in [3.63, 3.8) is 0 Å². The van der Waals surface area contributed by atoms with Crippen molar-refractivity contribution in [2.75, 3.05) is 33.2 Å². The summed E-state index contributed by atoms with van der Waals surface area (Å²) in [7, 11) is -1.69. The van der Waals surface area contributed by atoms with Crippen LogP contribution in [0.1, 0.15) is 11.1 Å². The molecule has 1 fully saturated rings. The Morgan fingerprint density at radius 3 is 1.88 bits per heavy atom. The molecular formula is C31H36N4O4S. The van der Waals surface area contributed by atoms with Crippen molar-refractivity contribution in [2.45, 2.75) is 29.8 Å². The molecule has 4 rings (SSSR count). The van der Waals surface area contributed by atoms with E-state index in [1.807, 2.05) is 67.7 Å². The maximum Gasteiger partial charge on any atom is 0.318 e. The van der Waals surface area contributed by atoms with Crippen LogP contribution >= 0.6 is 0 Å². The van der Waals surface area contributed by atoms with Crippen LogP contribution in [-0.2, 0) is 27.5 Å². The van der Waals surface area contributed by atoms with Crippen molar-refractivity contribution in [3.05, 3.63) is 114 Å². The number of hydrogen-bond acceptors (Lipinski definition) is 5. The molecule has 8 nitrogen and oxygen atoms in total. The SMILES string of the molecule is CN1CCN(C(=O)N[C@@H](Cc2ccccc2)C(=O)N[C@H](/C=C/S(=O)(=O)c2ccccc2)Cc2ccccc2)CC1. The molecule has 0 radical (unpaired) electrons. The Hall–Kier alpha value is -3.95. The fraction of sp³-hybridized carbons (Fsp3) is 0.290. The predicted octanol–water partition coefficient (Wildman–Crippen LogP) is 3.27. The average Bonchev–Trinajstić information content (AvgIpc) is 2.97. The number of urea groups is 1. The van der Waals surface area contributed by atoms with Crippen LogP contribution in [0.25, 0.3) is 0 Å². The van der Waals surface area contributed by atoms with Crippen molar-refractivity contribution in [2.24, 2.45) is 0 Å². The Labute approximate surface area is 236 Å². The third-order valence-corrected chi connectivity index (χ3v) is 8.32. The van der Waals surface area contributed by atoms with Crippen LogP contribution in [0, 0.1) is 0 Å². The molecule has 3 amide bonds. The molecule has 9 heteroatoms. The van der Waals surface area contributed by atoms with E-state index in [0.29, 0.717) is 25.9 Å². The number of hydrogen-bond donors (Lipinski definition) is 2. The number of rotatable bonds is 10. The summed E-state index contributed by atoms with van der Waals surface area (Å²) in [5.74, 6) is -0.381. The molecule has 40 heavy (non-hydrogen) atoms. The standard InChI is InChI=1S/C31H36N4O4S/c1-34-18-20-35(21-19-34)31(37)33-29(24-26-13-7-3-8-14-26)30(36)32-27(23-25-11-5-2-6-12-25)17-22-40(38,39)28-15-9-4-10-16-28/h2-17,22,27,29H,18-21,23-24H2,1H3,(H,32,36)(H,33,37)/b22-17+/t27-,29+/m1/s1. The summed E-state index contributed by atoms with van der Waals surface area (Å²) >= 11 is 0. The van der Waals surface area contributed by atoms with Crippen LogP contribution in [0.5, 0.6) is 0 Å². The molecule has 2 N–H and O–H groups in total. The van der Waals surface area contributed by atoms with Gasteiger partial charge in [-0.25, -0.2) is 13.2 Å². The molecule has 210 valence electrons. The summed E-state index contributed by atoms with van der Waals surface area (Å²) in [5.41, 5.74) is 1.85. The summed E-state index contributed by atoms with van der Waals surface area (Å²) in [4.78, 5) is 30.9. The lowest BCUT2D eigenvalue weighted by atomic mass is 10.0. The lowest BCUT2D eigenvalue weighted by Crippen LogP contribution is -2.56. The van der Waals surface area contributed by atoms with E-state index in [1.165, 1.54) is 18.2 Å². The monoisotopic (exact) mass is 560 g/mol. The first-order valence-electron chi connectivity index (χ1n) is 13.4. The zero-order valence-corrected chi connectivity index (χ0v) is 23.5. The van der Waals surface area contributed by atoms with Crippen LogP contribution in [0.15, 0.2) is 107 Å². The van der Waals surface area contributed by atoms with Gasteiger partial charge in [0.15, 0.2) is 9.84 Å². The van der Waals surface area contributed by atoms with Gasteiger partial charge in [0.05, 0.1) is 10.9 Å². The Morgan fingerprint density at radius 2 is 1.30 bits per heavy atom. The van der Waals surface area contributed by atoms with Gasteiger partial charge >= 0.3 is 6.03 Å². The normalized spacial score (nSPS) is 15.9. The third kappa shape index (κ3) is 8.53. The maximum absolute atomic E-state index is 13.7. The first-order chi connectivity index (χ1) is 19.3. The molecule has 0 aromatic heterocycles. The fourth-order valence-electron chi connectivity index (χ4n) is 4.51. The quantitative estimate of drug-likeness (QED) is 0.397. The maximum atomic E-state index is 13.7. The Balaban J connectivity index is 1.54. The first-order valence-corrected chi connectivity index (χ1v) is 15.0. The van der Waals surface area contributed by atoms with Crippen LogP contribution in [0.2, 0.25) is 0 Å². The third-order valence-electron chi connectivity index (χ3n) is 6.88. The van der Waals surface area contributed by atoms with Gasteiger partial charge in [0, 0.05) is 38.0 Å². The first kappa shape index (κ1) is 29.0. The van der Waals surface area contributed by atoms with Gasteiger partial charge in [-0.05, 0) is 36.7 Å². The second-order valence-electron chi connectivity index (χ2n) is 9.97. The molecule has 1 aliphatic heterocycles. The number of sulfone groups is 1. The van der Waals surface area contributed by atoms with Crippen LogP contribution in [0.3, 0.4) is 0 Å². The van der Waals surface area contributed by atoms with Gasteiger partial charge in [-0.3, -0.25) is 4.79 Å². The second-order valence-corrected chi connectivity index (χ2v) is 11.8. The molecule has 3 aromatic carbocycles. The highest BCUT2D eigenvalue weighted by molar-refractivity contribution is 7.94. The van der Waals surface area contributed by atoms with Crippen molar-refractivity contribution >= 4 is 21.8 Å². The molecule has 3 aromatic rings. The van der Waals surface area contributed by atoms with Crippen LogP contribution in [-0.4, -0.2) is 75.5 Å². The van der Waals surface area contributed by atoms with E-state index in [-0.39, 0.29) is 16.8 Å². The van der Waals surface area contributed by atoms with E-state index in [9.17, 15) is 18.0 Å². The van der Waals surface area contributed by atoms with Gasteiger partial charge in [0.2, 0.25) is 5.91 Å². The van der Waals surface area contributed by atoms with Gasteiger partial charge in [0.25, 0.3) is 0 Å². The van der Waals surface area contributed by atoms with E-state index in [4.69, 9.17) is 0 Å². The number of carbonyl (C=O) groups is 2. The minimum atomic E-state index is -3.70. The van der Waals surface area contributed by atoms with E-state index in [1.54, 1.807) is 23.1 Å². The van der Waals surface area contributed by atoms with E-state index in [0.717, 1.165) is 29.6 Å². The number of amides is 3. The lowest BCUT2D eigenvalue weighted by molar-refractivity contribution is -0.123. The fourth-order valence-corrected chi connectivity index (χ4v) is 5.60. The van der Waals surface area contributed by atoms with Crippen molar-refractivity contribution in [3.8, 4) is 0 Å². The van der Waals surface area contributed by atoms with E-state index >= 15 is 0 Å². The number of carbonyl (C=O) groups excluding carboxylic acids is 2. The number of nitrogens with one attached hydrogen (secondary N) is 2. The molecule has 1 aliphatic rings. The van der Waals surface area contributed by atoms with Gasteiger partial charge < -0.3 is 20.4 Å². The number of piperazine rings is 1. The Morgan fingerprint density at radius 1 is 0.775 bits per heavy atom. The van der Waals surface area contributed by atoms with Gasteiger partial charge in [-0.2, -0.15) is 0 Å². The summed E-state index contributed by atoms with van der Waals surface area (Å²) < 4.78 is 25.9. The highest BCUT2D eigenvalue weighted by Gasteiger charge is 2.27. The van der Waals surface area contributed by atoms with Gasteiger partial charge in [-0.15, -0.1) is 0 Å². The smallest absolute Gasteiger partial charge is 0.318 e. The molecule has 0 aliphatic carbocycles. The van der Waals surface area contributed by atoms with E-state index < -0.39 is 21.9 Å². The zero-order valence-electron chi connectivity index (χ0n) is 22.6.